The summed E-state index contributed by atoms with van der Waals surface area (Å²) < 4.78 is 0. The monoisotopic (exact) mass is 1190 g/mol. The van der Waals surface area contributed by atoms with Gasteiger partial charge in [0.25, 0.3) is 0 Å². The number of hydrogen-bond acceptors (Lipinski definition) is 12. The normalized spacial score (nSPS) is 27.0. The minimum Gasteiger partial charge on any atom is -0.390 e. The fourth-order valence-electron chi connectivity index (χ4n) is 10.6. The van der Waals surface area contributed by atoms with Crippen LogP contribution < -0.4 is 21.3 Å². The van der Waals surface area contributed by atoms with Crippen LogP contribution in [0.2, 0.25) is 0 Å². The Hall–Kier alpha value is -6.13. The number of amides is 11. The average molecular weight is 1190 g/mol. The third-order valence-electron chi connectivity index (χ3n) is 15.9. The molecule has 1 saturated heterocycles. The first-order valence-corrected chi connectivity index (χ1v) is 30.2. The molecule has 84 heavy (non-hydrogen) atoms. The molecular formula is C61H109N11O12. The maximum Gasteiger partial charge on any atom is 0.246 e. The number of carbonyl (C=O) groups excluding carboxylic acids is 11. The van der Waals surface area contributed by atoms with Crippen LogP contribution in [0.4, 0.5) is 0 Å². The maximum absolute atomic E-state index is 15.1. The number of aliphatic hydroxyl groups is 1. The summed E-state index contributed by atoms with van der Waals surface area (Å²) in [5.41, 5.74) is 0. The Kier molecular flexibility index (Phi) is 31.4. The van der Waals surface area contributed by atoms with Gasteiger partial charge in [-0.2, -0.15) is 0 Å². The van der Waals surface area contributed by atoms with E-state index < -0.39 is 150 Å². The lowest BCUT2D eigenvalue weighted by Gasteiger charge is -2.41. The number of nitrogens with one attached hydrogen (secondary N) is 4. The summed E-state index contributed by atoms with van der Waals surface area (Å²) >= 11 is 0. The van der Waals surface area contributed by atoms with E-state index in [2.05, 4.69) is 21.3 Å². The molecule has 1 aliphatic heterocycles. The third-order valence-corrected chi connectivity index (χ3v) is 15.9. The molecule has 0 aliphatic carbocycles. The van der Waals surface area contributed by atoms with Gasteiger partial charge in [-0.05, 0) is 101 Å². The smallest absolute Gasteiger partial charge is 0.246 e. The summed E-state index contributed by atoms with van der Waals surface area (Å²) in [7, 11) is 9.90. The predicted octanol–water partition coefficient (Wildman–Crippen LogP) is 3.02. The van der Waals surface area contributed by atoms with Crippen LogP contribution in [0.25, 0.3) is 0 Å². The van der Waals surface area contributed by atoms with E-state index >= 15 is 9.59 Å². The van der Waals surface area contributed by atoms with Gasteiger partial charge in [-0.15, -0.1) is 0 Å². The number of aliphatic hydroxyl groups excluding tert-OH is 1. The second-order valence-electron chi connectivity index (χ2n) is 25.3. The molecule has 0 aromatic heterocycles. The zero-order valence-corrected chi connectivity index (χ0v) is 55.2. The lowest BCUT2D eigenvalue weighted by Crippen LogP contribution is -2.63. The topological polar surface area (TPSA) is 279 Å². The van der Waals surface area contributed by atoms with Crippen LogP contribution >= 0.6 is 0 Å². The van der Waals surface area contributed by atoms with E-state index in [0.717, 1.165) is 9.80 Å². The first kappa shape index (κ1) is 75.9. The Balaban J connectivity index is 4.29. The quantitative estimate of drug-likeness (QED) is 0.148. The molecular weight excluding hydrogens is 1080 g/mol. The second-order valence-corrected chi connectivity index (χ2v) is 25.3. The Morgan fingerprint density at radius 3 is 1.29 bits per heavy atom. The van der Waals surface area contributed by atoms with E-state index in [-0.39, 0.29) is 62.2 Å². The minimum absolute atomic E-state index is 0.0247. The van der Waals surface area contributed by atoms with Gasteiger partial charge in [-0.1, -0.05) is 102 Å². The highest BCUT2D eigenvalue weighted by atomic mass is 16.3. The molecule has 0 radical (unpaired) electrons. The fraction of sp³-hybridized carbons (Fsp3) is 0.787. The Bertz CT molecular complexity index is 2290. The molecule has 1 aliphatic rings. The van der Waals surface area contributed by atoms with Crippen LogP contribution in [0.1, 0.15) is 156 Å². The number of hydrogen-bond donors (Lipinski definition) is 5. The number of likely N-dealkylation sites (N-methyl/N-ethyl adjacent to an activating group) is 7. The van der Waals surface area contributed by atoms with E-state index in [0.29, 0.717) is 6.42 Å². The first-order chi connectivity index (χ1) is 38.8. The second kappa shape index (κ2) is 34.7. The van der Waals surface area contributed by atoms with Crippen molar-refractivity contribution in [1.29, 1.82) is 0 Å². The van der Waals surface area contributed by atoms with Crippen molar-refractivity contribution < 1.29 is 57.8 Å². The van der Waals surface area contributed by atoms with Gasteiger partial charge < -0.3 is 60.7 Å². The molecule has 0 saturated carbocycles. The summed E-state index contributed by atoms with van der Waals surface area (Å²) in [5, 5.41) is 23.0. The van der Waals surface area contributed by atoms with E-state index in [4.69, 9.17) is 0 Å². The van der Waals surface area contributed by atoms with E-state index in [1.807, 2.05) is 55.4 Å². The van der Waals surface area contributed by atoms with Crippen LogP contribution in [0, 0.1) is 35.5 Å². The average Bonchev–Trinajstić information content (AvgIpc) is 3.55. The molecule has 480 valence electrons. The van der Waals surface area contributed by atoms with E-state index in [9.17, 15) is 48.3 Å². The summed E-state index contributed by atoms with van der Waals surface area (Å²) in [6.45, 7) is 27.5. The zero-order chi connectivity index (χ0) is 65.1. The molecule has 0 bridgehead atoms. The summed E-state index contributed by atoms with van der Waals surface area (Å²) in [6, 6.07) is -12.3. The molecule has 1 fully saturated rings. The van der Waals surface area contributed by atoms with Crippen LogP contribution in [0.5, 0.6) is 0 Å². The summed E-state index contributed by atoms with van der Waals surface area (Å²) in [5.74, 6) is -9.15. The van der Waals surface area contributed by atoms with Crippen molar-refractivity contribution in [1.82, 2.24) is 55.6 Å². The highest BCUT2D eigenvalue weighted by Crippen LogP contribution is 2.25. The molecule has 1 heterocycles. The molecule has 0 spiro atoms. The minimum atomic E-state index is -1.61. The van der Waals surface area contributed by atoms with Crippen molar-refractivity contribution >= 4 is 65.0 Å². The van der Waals surface area contributed by atoms with Gasteiger partial charge in [-0.3, -0.25) is 52.7 Å². The lowest BCUT2D eigenvalue weighted by atomic mass is 9.91. The van der Waals surface area contributed by atoms with Crippen LogP contribution in [0.3, 0.4) is 0 Å². The first-order valence-electron chi connectivity index (χ1n) is 30.2. The fourth-order valence-corrected chi connectivity index (χ4v) is 10.6. The van der Waals surface area contributed by atoms with Crippen molar-refractivity contribution in [2.24, 2.45) is 35.5 Å². The van der Waals surface area contributed by atoms with Gasteiger partial charge in [0, 0.05) is 49.3 Å². The van der Waals surface area contributed by atoms with Crippen LogP contribution in [-0.4, -0.2) is 227 Å². The summed E-state index contributed by atoms with van der Waals surface area (Å²) in [4.78, 5) is 168. The molecule has 1 rings (SSSR count). The van der Waals surface area contributed by atoms with Gasteiger partial charge in [0.05, 0.1) is 12.6 Å². The Morgan fingerprint density at radius 2 is 0.833 bits per heavy atom. The van der Waals surface area contributed by atoms with Crippen molar-refractivity contribution in [3.8, 4) is 0 Å². The molecule has 23 heteroatoms. The van der Waals surface area contributed by atoms with E-state index in [1.54, 1.807) is 53.7 Å². The number of carbonyl (C=O) groups is 11. The lowest BCUT2D eigenvalue weighted by molar-refractivity contribution is -0.157. The van der Waals surface area contributed by atoms with E-state index in [1.165, 1.54) is 87.7 Å². The molecule has 12 atom stereocenters. The molecule has 11 amide bonds. The van der Waals surface area contributed by atoms with Gasteiger partial charge in [0.1, 0.15) is 60.4 Å². The van der Waals surface area contributed by atoms with Gasteiger partial charge in [0.15, 0.2) is 0 Å². The highest BCUT2D eigenvalue weighted by molar-refractivity contribution is 5.99. The number of allylic oxidation sites excluding steroid dienone is 2. The molecule has 0 aromatic carbocycles. The van der Waals surface area contributed by atoms with Crippen molar-refractivity contribution in [2.45, 2.75) is 222 Å². The molecule has 23 nitrogen and oxygen atoms in total. The highest BCUT2D eigenvalue weighted by Gasteiger charge is 2.45. The largest absolute Gasteiger partial charge is 0.390 e. The molecule has 0 aromatic rings. The van der Waals surface area contributed by atoms with Gasteiger partial charge in [-0.25, -0.2) is 0 Å². The van der Waals surface area contributed by atoms with Crippen molar-refractivity contribution in [2.75, 3.05) is 55.9 Å². The molecule has 0 unspecified atom stereocenters. The summed E-state index contributed by atoms with van der Waals surface area (Å²) in [6.07, 6.45) is 3.16. The molecule has 5 N–H and O–H groups in total. The van der Waals surface area contributed by atoms with Crippen LogP contribution in [-0.2, 0) is 52.7 Å². The zero-order valence-electron chi connectivity index (χ0n) is 55.2. The SMILES string of the molecule is C/C=C/C[C@@H](C)[C@@H](O)[C@H]1C(=O)N[C@@H](CC)C(=O)N(C)CC(=O)N(C)[C@@H](CC(C)C)C(=O)N[C@H](CC)C(=O)N(C)[C@@H](CC(C)C)C(=O)N[C@@H](C)C(=O)N[C@H](C)C(=O)N(C)[C@@H](CC(C)C)C(=O)N(C)[C@@H](CC(C)C)C(=O)N(C)[C@@H](C(C)C)C(=O)N1C. The van der Waals surface area contributed by atoms with Gasteiger partial charge in [0.2, 0.25) is 65.0 Å². The Labute approximate surface area is 502 Å². The van der Waals surface area contributed by atoms with Gasteiger partial charge >= 0.3 is 0 Å². The third kappa shape index (κ3) is 21.1. The number of nitrogens with zero attached hydrogens (tertiary/aromatic N) is 7. The standard InChI is InChI=1S/C61H109N11O12/c1-24-27-28-39(14)51(74)50-55(78)65-42(25-2)57(80)66(17)33-48(73)67(18)44(29-34(4)5)54(77)64-43(26-3)58(81)68(19)45(30-35(6)7)53(76)62-40(15)52(75)63-41(16)56(79)69(20)46(31-36(8)9)59(82)70(21)47(32-37(10)11)60(83)71(22)49(38(12)13)61(84)72(50)23/h24,27,34-47,49-51,74H,25-26,28-33H2,1-23H3,(H,62,76)(H,63,75)(H,64,77)(H,65,78)/b27-24+/t39-,40+,41-,42+,43-,44+,45+,46+,47+,49+,50+,51-/m1/s1. The maximum atomic E-state index is 15.1. The predicted molar refractivity (Wildman–Crippen MR) is 324 cm³/mol. The van der Waals surface area contributed by atoms with Crippen molar-refractivity contribution in [3.05, 3.63) is 12.2 Å². The number of rotatable bonds is 15. The Morgan fingerprint density at radius 1 is 0.452 bits per heavy atom. The van der Waals surface area contributed by atoms with Crippen molar-refractivity contribution in [3.63, 3.8) is 0 Å². The van der Waals surface area contributed by atoms with Crippen LogP contribution in [0.15, 0.2) is 12.2 Å².